The molecule has 0 aromatic heterocycles. The Labute approximate surface area is 126 Å². The third-order valence-electron chi connectivity index (χ3n) is 2.59. The van der Waals surface area contributed by atoms with Gasteiger partial charge in [-0.25, -0.2) is 0 Å². The Balaban J connectivity index is 2.67. The van der Waals surface area contributed by atoms with Crippen LogP contribution < -0.4 is 10.1 Å². The van der Waals surface area contributed by atoms with Gasteiger partial charge in [-0.15, -0.1) is 0 Å². The van der Waals surface area contributed by atoms with Gasteiger partial charge in [0.2, 0.25) is 0 Å². The van der Waals surface area contributed by atoms with Gasteiger partial charge in [0.25, 0.3) is 0 Å². The molecule has 6 nitrogen and oxygen atoms in total. The van der Waals surface area contributed by atoms with Crippen molar-refractivity contribution in [2.45, 2.75) is 25.9 Å². The fourth-order valence-corrected chi connectivity index (χ4v) is 1.92. The molecule has 0 saturated carbocycles. The van der Waals surface area contributed by atoms with Crippen LogP contribution in [0.4, 0.5) is 5.69 Å². The van der Waals surface area contributed by atoms with Gasteiger partial charge in [-0.05, 0) is 32.0 Å². The van der Waals surface area contributed by atoms with Crippen molar-refractivity contribution in [3.8, 4) is 5.75 Å². The lowest BCUT2D eigenvalue weighted by atomic mass is 10.1. The number of hydrogen-bond donors (Lipinski definition) is 2. The highest BCUT2D eigenvalue weighted by Crippen LogP contribution is 2.30. The number of halogens is 1. The van der Waals surface area contributed by atoms with Crippen LogP contribution in [0, 0.1) is 10.1 Å². The van der Waals surface area contributed by atoms with Crippen LogP contribution in [-0.2, 0) is 0 Å². The predicted molar refractivity (Wildman–Crippen MR) is 80.1 cm³/mol. The molecular weight excluding hydrogens is 328 g/mol. The van der Waals surface area contributed by atoms with E-state index in [1.54, 1.807) is 13.0 Å². The molecule has 0 bridgehead atoms. The van der Waals surface area contributed by atoms with E-state index in [4.69, 9.17) is 4.74 Å². The van der Waals surface area contributed by atoms with Gasteiger partial charge in [-0.2, -0.15) is 0 Å². The van der Waals surface area contributed by atoms with Gasteiger partial charge in [0.1, 0.15) is 12.2 Å². The van der Waals surface area contributed by atoms with Crippen molar-refractivity contribution < 1.29 is 14.8 Å². The van der Waals surface area contributed by atoms with E-state index in [9.17, 15) is 15.2 Å². The fourth-order valence-electron chi connectivity index (χ4n) is 1.57. The van der Waals surface area contributed by atoms with E-state index < -0.39 is 10.5 Å². The van der Waals surface area contributed by atoms with E-state index >= 15 is 0 Å². The molecule has 0 heterocycles. The number of benzene rings is 1. The van der Waals surface area contributed by atoms with Crippen molar-refractivity contribution >= 4 is 21.6 Å². The number of ether oxygens (including phenoxy) is 1. The fraction of sp³-hybridized carbons (Fsp3) is 0.538. The summed E-state index contributed by atoms with van der Waals surface area (Å²) in [6.45, 7) is 4.80. The van der Waals surface area contributed by atoms with Crippen LogP contribution in [0.5, 0.6) is 5.75 Å². The molecule has 0 aliphatic heterocycles. The highest BCUT2D eigenvalue weighted by Gasteiger charge is 2.23. The molecule has 0 saturated heterocycles. The average Bonchev–Trinajstić information content (AvgIpc) is 2.37. The molecule has 1 unspecified atom stereocenters. The normalized spacial score (nSPS) is 13.8. The molecule has 0 aliphatic carbocycles. The van der Waals surface area contributed by atoms with Crippen molar-refractivity contribution in [1.29, 1.82) is 0 Å². The zero-order valence-electron chi connectivity index (χ0n) is 11.6. The molecule has 0 spiro atoms. The first-order chi connectivity index (χ1) is 9.35. The summed E-state index contributed by atoms with van der Waals surface area (Å²) in [5.74, 6) is 0.147. The van der Waals surface area contributed by atoms with Crippen LogP contribution >= 0.6 is 15.9 Å². The molecule has 0 fully saturated rings. The minimum atomic E-state index is -1.09. The number of nitrogens with zero attached hydrogens (tertiary/aromatic N) is 1. The van der Waals surface area contributed by atoms with E-state index in [-0.39, 0.29) is 18.0 Å². The summed E-state index contributed by atoms with van der Waals surface area (Å²) in [7, 11) is 0. The molecule has 1 rings (SSSR count). The van der Waals surface area contributed by atoms with Gasteiger partial charge in [-0.1, -0.05) is 22.9 Å². The second kappa shape index (κ2) is 7.56. The highest BCUT2D eigenvalue weighted by molar-refractivity contribution is 9.10. The Morgan fingerprint density at radius 3 is 2.85 bits per heavy atom. The Kier molecular flexibility index (Phi) is 6.38. The minimum absolute atomic E-state index is 0.0216. The molecule has 0 radical (unpaired) electrons. The Morgan fingerprint density at radius 1 is 1.55 bits per heavy atom. The maximum absolute atomic E-state index is 10.9. The third-order valence-corrected chi connectivity index (χ3v) is 3.08. The van der Waals surface area contributed by atoms with Gasteiger partial charge in [0.15, 0.2) is 5.75 Å². The van der Waals surface area contributed by atoms with E-state index in [2.05, 4.69) is 21.2 Å². The maximum Gasteiger partial charge on any atom is 0.312 e. The number of nitro groups is 1. The van der Waals surface area contributed by atoms with Crippen molar-refractivity contribution in [3.63, 3.8) is 0 Å². The summed E-state index contributed by atoms with van der Waals surface area (Å²) < 4.78 is 6.00. The summed E-state index contributed by atoms with van der Waals surface area (Å²) in [5, 5.41) is 24.1. The van der Waals surface area contributed by atoms with Crippen LogP contribution in [0.15, 0.2) is 22.7 Å². The molecule has 112 valence electrons. The zero-order valence-corrected chi connectivity index (χ0v) is 13.1. The first-order valence-corrected chi connectivity index (χ1v) is 7.15. The highest BCUT2D eigenvalue weighted by atomic mass is 79.9. The first-order valence-electron chi connectivity index (χ1n) is 6.35. The quantitative estimate of drug-likeness (QED) is 0.429. The SMILES string of the molecule is CCCNCC(C)(O)COc1ccc(Br)cc1[N+](=O)[O-]. The van der Waals surface area contributed by atoms with E-state index in [0.29, 0.717) is 11.0 Å². The smallest absolute Gasteiger partial charge is 0.312 e. The number of nitro benzene ring substituents is 1. The predicted octanol–water partition coefficient (Wildman–Crippen LogP) is 2.49. The number of aliphatic hydroxyl groups is 1. The number of rotatable bonds is 8. The summed E-state index contributed by atoms with van der Waals surface area (Å²) in [6.07, 6.45) is 0.967. The summed E-state index contributed by atoms with van der Waals surface area (Å²) in [5.41, 5.74) is -1.22. The van der Waals surface area contributed by atoms with E-state index in [0.717, 1.165) is 13.0 Å². The van der Waals surface area contributed by atoms with Crippen LogP contribution in [0.3, 0.4) is 0 Å². The molecule has 1 atom stereocenters. The monoisotopic (exact) mass is 346 g/mol. The average molecular weight is 347 g/mol. The molecule has 0 amide bonds. The maximum atomic E-state index is 10.9. The molecule has 1 aromatic carbocycles. The summed E-state index contributed by atoms with van der Waals surface area (Å²) >= 11 is 3.18. The molecule has 7 heteroatoms. The minimum Gasteiger partial charge on any atom is -0.484 e. The van der Waals surface area contributed by atoms with Gasteiger partial charge in [-0.3, -0.25) is 10.1 Å². The summed E-state index contributed by atoms with van der Waals surface area (Å²) in [6, 6.07) is 4.55. The zero-order chi connectivity index (χ0) is 15.2. The van der Waals surface area contributed by atoms with Crippen molar-refractivity contribution in [2.24, 2.45) is 0 Å². The van der Waals surface area contributed by atoms with E-state index in [1.165, 1.54) is 12.1 Å². The largest absolute Gasteiger partial charge is 0.484 e. The van der Waals surface area contributed by atoms with Crippen LogP contribution in [0.25, 0.3) is 0 Å². The van der Waals surface area contributed by atoms with Crippen LogP contribution in [0.2, 0.25) is 0 Å². The second-order valence-electron chi connectivity index (χ2n) is 4.83. The van der Waals surface area contributed by atoms with Gasteiger partial charge in [0.05, 0.1) is 4.92 Å². The Bertz CT molecular complexity index is 466. The third kappa shape index (κ3) is 5.44. The second-order valence-corrected chi connectivity index (χ2v) is 5.75. The lowest BCUT2D eigenvalue weighted by molar-refractivity contribution is -0.386. The number of nitrogens with one attached hydrogen (secondary N) is 1. The number of hydrogen-bond acceptors (Lipinski definition) is 5. The summed E-state index contributed by atoms with van der Waals surface area (Å²) in [4.78, 5) is 10.4. The molecule has 20 heavy (non-hydrogen) atoms. The van der Waals surface area contributed by atoms with Crippen molar-refractivity contribution in [1.82, 2.24) is 5.32 Å². The topological polar surface area (TPSA) is 84.6 Å². The lowest BCUT2D eigenvalue weighted by Crippen LogP contribution is -2.43. The molecule has 1 aromatic rings. The standard InChI is InChI=1S/C13H19BrN2O4/c1-3-6-15-8-13(2,17)9-20-12-5-4-10(14)7-11(12)16(18)19/h4-5,7,15,17H,3,6,8-9H2,1-2H3. The first kappa shape index (κ1) is 16.9. The van der Waals surface area contributed by atoms with Gasteiger partial charge in [0, 0.05) is 17.1 Å². The van der Waals surface area contributed by atoms with Crippen LogP contribution in [-0.4, -0.2) is 35.3 Å². The Hall–Kier alpha value is -1.18. The molecule has 0 aliphatic rings. The van der Waals surface area contributed by atoms with Gasteiger partial charge >= 0.3 is 5.69 Å². The molecular formula is C13H19BrN2O4. The van der Waals surface area contributed by atoms with Crippen LogP contribution in [0.1, 0.15) is 20.3 Å². The Morgan fingerprint density at radius 2 is 2.25 bits per heavy atom. The van der Waals surface area contributed by atoms with Crippen molar-refractivity contribution in [3.05, 3.63) is 32.8 Å². The van der Waals surface area contributed by atoms with Crippen molar-refractivity contribution in [2.75, 3.05) is 19.7 Å². The molecule has 2 N–H and O–H groups in total. The van der Waals surface area contributed by atoms with Gasteiger partial charge < -0.3 is 15.2 Å². The van der Waals surface area contributed by atoms with E-state index in [1.807, 2.05) is 6.92 Å². The lowest BCUT2D eigenvalue weighted by Gasteiger charge is -2.23.